The Morgan fingerprint density at radius 1 is 1.33 bits per heavy atom. The van der Waals surface area contributed by atoms with E-state index in [9.17, 15) is 13.6 Å². The number of pyridine rings is 1. The van der Waals surface area contributed by atoms with Crippen molar-refractivity contribution in [2.45, 2.75) is 6.43 Å². The molecule has 0 fully saturated rings. The quantitative estimate of drug-likeness (QED) is 0.599. The normalized spacial score (nSPS) is 11.0. The first kappa shape index (κ1) is 16.6. The number of ether oxygens (including phenoxy) is 1. The number of alkyl halides is 2. The molecule has 2 heterocycles. The molecule has 1 aromatic carbocycles. The van der Waals surface area contributed by atoms with Crippen molar-refractivity contribution in [2.24, 2.45) is 0 Å². The number of nitrogens with one attached hydrogen (secondary N) is 2. The molecule has 2 N–H and O–H groups in total. The lowest BCUT2D eigenvalue weighted by molar-refractivity contribution is -0.126. The fraction of sp³-hybridized carbons (Fsp3) is 0.125. The summed E-state index contributed by atoms with van der Waals surface area (Å²) >= 11 is 2.19. The molecule has 0 aliphatic heterocycles. The second-order valence-electron chi connectivity index (χ2n) is 4.95. The van der Waals surface area contributed by atoms with Gasteiger partial charge in [-0.3, -0.25) is 4.79 Å². The lowest BCUT2D eigenvalue weighted by Gasteiger charge is -2.07. The molecule has 1 amide bonds. The maximum absolute atomic E-state index is 12.3. The monoisotopic (exact) mass is 443 g/mol. The molecule has 0 unspecified atom stereocenters. The van der Waals surface area contributed by atoms with Gasteiger partial charge in [0.1, 0.15) is 0 Å². The Balaban J connectivity index is 2.02. The Morgan fingerprint density at radius 2 is 2.12 bits per heavy atom. The van der Waals surface area contributed by atoms with Crippen LogP contribution in [0.1, 0.15) is 0 Å². The van der Waals surface area contributed by atoms with Crippen LogP contribution in [-0.2, 0) is 4.79 Å². The summed E-state index contributed by atoms with van der Waals surface area (Å²) in [6.45, 7) is 0. The minimum Gasteiger partial charge on any atom is -0.480 e. The van der Waals surface area contributed by atoms with E-state index in [0.717, 1.165) is 20.2 Å². The van der Waals surface area contributed by atoms with Crippen LogP contribution in [0, 0.1) is 3.57 Å². The van der Waals surface area contributed by atoms with Crippen molar-refractivity contribution >= 4 is 45.1 Å². The first-order chi connectivity index (χ1) is 11.5. The number of aromatic amines is 1. The number of carbonyl (C=O) groups is 1. The molecule has 0 bridgehead atoms. The van der Waals surface area contributed by atoms with Crippen molar-refractivity contribution in [2.75, 3.05) is 12.4 Å². The van der Waals surface area contributed by atoms with E-state index < -0.39 is 12.3 Å². The van der Waals surface area contributed by atoms with Crippen molar-refractivity contribution < 1.29 is 18.3 Å². The van der Waals surface area contributed by atoms with E-state index >= 15 is 0 Å². The van der Waals surface area contributed by atoms with E-state index in [1.807, 2.05) is 12.1 Å². The van der Waals surface area contributed by atoms with Crippen molar-refractivity contribution in [3.8, 4) is 17.1 Å². The molecule has 5 nitrogen and oxygen atoms in total. The highest BCUT2D eigenvalue weighted by atomic mass is 127. The van der Waals surface area contributed by atoms with Gasteiger partial charge in [0.15, 0.2) is 0 Å². The molecule has 0 saturated heterocycles. The minimum atomic E-state index is -3.05. The number of benzene rings is 1. The number of H-pyrrole nitrogens is 1. The molecular formula is C16H12F2IN3O2. The van der Waals surface area contributed by atoms with Gasteiger partial charge in [0, 0.05) is 26.4 Å². The van der Waals surface area contributed by atoms with Gasteiger partial charge in [0.25, 0.3) is 5.91 Å². The SMILES string of the molecule is COc1nccc(I)c1-c1cc2ccc(NC(=O)C(F)F)cc2[nH]1. The average molecular weight is 443 g/mol. The number of halogens is 3. The van der Waals surface area contributed by atoms with Crippen molar-refractivity contribution in [3.05, 3.63) is 40.1 Å². The predicted octanol–water partition coefficient (Wildman–Crippen LogP) is 4.05. The third-order valence-electron chi connectivity index (χ3n) is 3.42. The summed E-state index contributed by atoms with van der Waals surface area (Å²) in [5.74, 6) is -0.843. The second-order valence-corrected chi connectivity index (χ2v) is 6.11. The van der Waals surface area contributed by atoms with E-state index in [0.29, 0.717) is 17.1 Å². The molecule has 8 heteroatoms. The molecule has 0 radical (unpaired) electrons. The lowest BCUT2D eigenvalue weighted by atomic mass is 10.2. The van der Waals surface area contributed by atoms with Crippen molar-refractivity contribution in [1.82, 2.24) is 9.97 Å². The van der Waals surface area contributed by atoms with Gasteiger partial charge < -0.3 is 15.0 Å². The molecule has 3 aromatic rings. The summed E-state index contributed by atoms with van der Waals surface area (Å²) in [6.07, 6.45) is -1.40. The smallest absolute Gasteiger partial charge is 0.315 e. The zero-order valence-corrected chi connectivity index (χ0v) is 14.6. The first-order valence-electron chi connectivity index (χ1n) is 6.90. The van der Waals surface area contributed by atoms with Gasteiger partial charge in [-0.05, 0) is 46.9 Å². The highest BCUT2D eigenvalue weighted by Crippen LogP contribution is 2.34. The number of nitrogens with zero attached hydrogens (tertiary/aromatic N) is 1. The van der Waals surface area contributed by atoms with Gasteiger partial charge in [-0.2, -0.15) is 8.78 Å². The Kier molecular flexibility index (Phi) is 4.65. The minimum absolute atomic E-state index is 0.300. The van der Waals surface area contributed by atoms with Crippen LogP contribution < -0.4 is 10.1 Å². The summed E-state index contributed by atoms with van der Waals surface area (Å²) in [5, 5.41) is 3.05. The number of amides is 1. The van der Waals surface area contributed by atoms with E-state index in [4.69, 9.17) is 4.74 Å². The van der Waals surface area contributed by atoms with E-state index in [-0.39, 0.29) is 0 Å². The largest absolute Gasteiger partial charge is 0.480 e. The Morgan fingerprint density at radius 3 is 2.83 bits per heavy atom. The van der Waals surface area contributed by atoms with E-state index in [2.05, 4.69) is 37.9 Å². The Labute approximate surface area is 149 Å². The lowest BCUT2D eigenvalue weighted by Crippen LogP contribution is -2.19. The van der Waals surface area contributed by atoms with Gasteiger partial charge >= 0.3 is 6.43 Å². The Hall–Kier alpha value is -2.23. The third kappa shape index (κ3) is 3.18. The first-order valence-corrected chi connectivity index (χ1v) is 7.98. The number of carbonyl (C=O) groups excluding carboxylic acids is 1. The molecule has 0 aliphatic carbocycles. The van der Waals surface area contributed by atoms with E-state index in [1.165, 1.54) is 0 Å². The summed E-state index contributed by atoms with van der Waals surface area (Å²) in [6, 6.07) is 8.70. The van der Waals surface area contributed by atoms with Crippen LogP contribution in [0.15, 0.2) is 36.5 Å². The number of hydrogen-bond donors (Lipinski definition) is 2. The second kappa shape index (κ2) is 6.71. The fourth-order valence-electron chi connectivity index (χ4n) is 2.36. The average Bonchev–Trinajstić information content (AvgIpc) is 2.96. The molecule has 0 atom stereocenters. The molecule has 3 rings (SSSR count). The summed E-state index contributed by atoms with van der Waals surface area (Å²) in [5.41, 5.74) is 2.61. The summed E-state index contributed by atoms with van der Waals surface area (Å²) in [7, 11) is 1.54. The molecule has 2 aromatic heterocycles. The van der Waals surface area contributed by atoms with Crippen LogP contribution in [0.4, 0.5) is 14.5 Å². The molecule has 24 heavy (non-hydrogen) atoms. The van der Waals surface area contributed by atoms with Crippen LogP contribution in [0.25, 0.3) is 22.2 Å². The van der Waals surface area contributed by atoms with Crippen LogP contribution >= 0.6 is 22.6 Å². The van der Waals surface area contributed by atoms with Crippen molar-refractivity contribution in [3.63, 3.8) is 0 Å². The zero-order chi connectivity index (χ0) is 17.3. The summed E-state index contributed by atoms with van der Waals surface area (Å²) < 4.78 is 30.9. The zero-order valence-electron chi connectivity index (χ0n) is 12.4. The number of hydrogen-bond acceptors (Lipinski definition) is 3. The third-order valence-corrected chi connectivity index (χ3v) is 4.32. The number of rotatable bonds is 4. The van der Waals surface area contributed by atoms with Crippen LogP contribution in [0.3, 0.4) is 0 Å². The van der Waals surface area contributed by atoms with Gasteiger partial charge in [0.05, 0.1) is 18.4 Å². The van der Waals surface area contributed by atoms with E-state index in [1.54, 1.807) is 31.5 Å². The van der Waals surface area contributed by atoms with Crippen molar-refractivity contribution in [1.29, 1.82) is 0 Å². The van der Waals surface area contributed by atoms with Gasteiger partial charge in [-0.1, -0.05) is 6.07 Å². The van der Waals surface area contributed by atoms with Gasteiger partial charge in [-0.15, -0.1) is 0 Å². The highest BCUT2D eigenvalue weighted by Gasteiger charge is 2.16. The summed E-state index contributed by atoms with van der Waals surface area (Å²) in [4.78, 5) is 18.5. The molecular weight excluding hydrogens is 431 g/mol. The van der Waals surface area contributed by atoms with Crippen LogP contribution in [0.5, 0.6) is 5.88 Å². The molecule has 0 saturated carbocycles. The highest BCUT2D eigenvalue weighted by molar-refractivity contribution is 14.1. The van der Waals surface area contributed by atoms with Crippen LogP contribution in [-0.4, -0.2) is 29.4 Å². The Bertz CT molecular complexity index is 911. The number of anilines is 1. The molecule has 124 valence electrons. The number of methoxy groups -OCH3 is 1. The maximum atomic E-state index is 12.3. The van der Waals surface area contributed by atoms with Gasteiger partial charge in [0.2, 0.25) is 5.88 Å². The number of fused-ring (bicyclic) bond motifs is 1. The predicted molar refractivity (Wildman–Crippen MR) is 95.4 cm³/mol. The van der Waals surface area contributed by atoms with Crippen LogP contribution in [0.2, 0.25) is 0 Å². The molecule has 0 aliphatic rings. The standard InChI is InChI=1S/C16H12F2IN3O2/c1-24-16-13(10(19)4-5-20-16)12-6-8-2-3-9(7-11(8)22-12)21-15(23)14(17)18/h2-7,14,22H,1H3,(H,21,23). The molecule has 0 spiro atoms. The topological polar surface area (TPSA) is 67.0 Å². The maximum Gasteiger partial charge on any atom is 0.315 e. The van der Waals surface area contributed by atoms with Gasteiger partial charge in [-0.25, -0.2) is 4.98 Å². The fourth-order valence-corrected chi connectivity index (χ4v) is 3.04. The number of aromatic nitrogens is 2.